The predicted octanol–water partition coefficient (Wildman–Crippen LogP) is 8.43. The number of aromatic nitrogens is 8. The Morgan fingerprint density at radius 1 is 0.405 bits per heavy atom. The highest BCUT2D eigenvalue weighted by atomic mass is 16.6. The van der Waals surface area contributed by atoms with E-state index in [1.54, 1.807) is 94.6 Å². The van der Waals surface area contributed by atoms with Gasteiger partial charge in [0.15, 0.2) is 0 Å². The summed E-state index contributed by atoms with van der Waals surface area (Å²) < 4.78 is 5.71. The van der Waals surface area contributed by atoms with Gasteiger partial charge in [0.1, 0.15) is 35.7 Å². The van der Waals surface area contributed by atoms with Gasteiger partial charge < -0.3 is 52.2 Å². The van der Waals surface area contributed by atoms with Crippen LogP contribution in [-0.4, -0.2) is 167 Å². The molecule has 10 aromatic rings. The van der Waals surface area contributed by atoms with Crippen molar-refractivity contribution in [3.63, 3.8) is 0 Å². The van der Waals surface area contributed by atoms with Gasteiger partial charge in [0.2, 0.25) is 35.4 Å². The molecule has 9 N–H and O–H groups in total. The third-order valence-corrected chi connectivity index (χ3v) is 19.7. The molecule has 628 valence electrons. The van der Waals surface area contributed by atoms with Crippen molar-refractivity contribution in [2.75, 3.05) is 26.2 Å². The summed E-state index contributed by atoms with van der Waals surface area (Å²) in [5, 5.41) is 47.9. The number of ether oxygens (including phenoxy) is 1. The molecular weight excluding hydrogens is 1540 g/mol. The highest BCUT2D eigenvalue weighted by molar-refractivity contribution is 5.94. The quantitative estimate of drug-likeness (QED) is 0.00984. The van der Waals surface area contributed by atoms with Gasteiger partial charge in [0, 0.05) is 180 Å². The standard InChI is InChI=1S/C89H102N22O10/c1-89(2,3)121-88(120)106-79(45-63-42-66(52-110(58-74-24-8-16-36-95-74)59-75-25-9-17-37-96-75)85(117)67(43-63)53-111(60-76-26-10-18-38-97-76)61-77-27-11-19-39-98-77)87(119)100-46-80(112)99-47-82(114)105-78(86(118)101-48-81(113)103-68-28-30-69(31-29-68)104-83(115)49-102-107-90)44-62-40-64(50-108(54-70-20-4-12-32-91-70)55-71-21-5-13-33-92-71)84(116)65(41-62)51-109(56-72-22-6-14-34-93-72)57-73-23-7-15-35-94-73/h4-27,32-43,68-69,78-79,116-117H,28-31,44-61H2,1-3H3,(H,99,112)(H,100,119)(H,101,118)(H,103,113)(H,104,115)(H,105,114)(H,106,120)/t68?,69?,78-,79-/m0/s1. The number of benzene rings is 2. The Balaban J connectivity index is 0.856. The molecule has 0 bridgehead atoms. The van der Waals surface area contributed by atoms with E-state index < -0.39 is 78.9 Å². The first kappa shape index (κ1) is 88.3. The fourth-order valence-electron chi connectivity index (χ4n) is 14.2. The van der Waals surface area contributed by atoms with Crippen molar-refractivity contribution in [3.05, 3.63) is 309 Å². The Kier molecular flexibility index (Phi) is 33.2. The number of pyridine rings is 8. The van der Waals surface area contributed by atoms with Crippen molar-refractivity contribution in [1.29, 1.82) is 0 Å². The molecule has 1 aliphatic carbocycles. The molecule has 32 heteroatoms. The minimum atomic E-state index is -1.43. The summed E-state index contributed by atoms with van der Waals surface area (Å²) in [6.45, 7) is 6.21. The van der Waals surface area contributed by atoms with Crippen molar-refractivity contribution in [2.45, 2.75) is 168 Å². The average molecular weight is 1640 g/mol. The van der Waals surface area contributed by atoms with Crippen molar-refractivity contribution in [3.8, 4) is 11.5 Å². The number of aromatic hydroxyl groups is 2. The lowest BCUT2D eigenvalue weighted by atomic mass is 9.91. The number of carbonyl (C=O) groups is 7. The first-order valence-electron chi connectivity index (χ1n) is 40.1. The molecule has 0 radical (unpaired) electrons. The van der Waals surface area contributed by atoms with Gasteiger partial charge in [-0.25, -0.2) is 4.79 Å². The van der Waals surface area contributed by atoms with Gasteiger partial charge in [-0.15, -0.1) is 0 Å². The number of nitrogens with one attached hydrogen (secondary N) is 7. The summed E-state index contributed by atoms with van der Waals surface area (Å²) in [5.41, 5.74) is 16.7. The predicted molar refractivity (Wildman–Crippen MR) is 450 cm³/mol. The summed E-state index contributed by atoms with van der Waals surface area (Å²) in [4.78, 5) is 146. The third-order valence-electron chi connectivity index (χ3n) is 19.7. The van der Waals surface area contributed by atoms with Crippen LogP contribution in [0.15, 0.2) is 225 Å². The normalized spacial score (nSPS) is 13.7. The second kappa shape index (κ2) is 45.4. The van der Waals surface area contributed by atoms with Crippen LogP contribution in [0.5, 0.6) is 11.5 Å². The summed E-state index contributed by atoms with van der Waals surface area (Å²) in [5.74, 6) is -4.20. The van der Waals surface area contributed by atoms with Gasteiger partial charge in [-0.3, -0.25) is 88.2 Å². The molecule has 0 aliphatic heterocycles. The van der Waals surface area contributed by atoms with Gasteiger partial charge in [-0.1, -0.05) is 77.9 Å². The third kappa shape index (κ3) is 30.1. The molecule has 2 atom stereocenters. The molecule has 1 saturated carbocycles. The maximum atomic E-state index is 14.9. The van der Waals surface area contributed by atoms with Crippen LogP contribution in [0.4, 0.5) is 4.79 Å². The smallest absolute Gasteiger partial charge is 0.408 e. The number of phenols is 2. The Morgan fingerprint density at radius 2 is 0.686 bits per heavy atom. The number of carbonyl (C=O) groups excluding carboxylic acids is 7. The monoisotopic (exact) mass is 1640 g/mol. The molecule has 1 aliphatic rings. The first-order chi connectivity index (χ1) is 58.7. The van der Waals surface area contributed by atoms with Crippen molar-refractivity contribution >= 4 is 41.5 Å². The van der Waals surface area contributed by atoms with Crippen LogP contribution < -0.4 is 37.2 Å². The lowest BCUT2D eigenvalue weighted by molar-refractivity contribution is -0.131. The Labute approximate surface area is 702 Å². The molecule has 32 nitrogen and oxygen atoms in total. The fraction of sp³-hybridized carbons (Fsp3) is 0.337. The van der Waals surface area contributed by atoms with Gasteiger partial charge >= 0.3 is 6.09 Å². The molecular formula is C89H102N22O10. The van der Waals surface area contributed by atoms with E-state index in [4.69, 9.17) is 10.3 Å². The highest BCUT2D eigenvalue weighted by Gasteiger charge is 2.31. The number of hydrogen-bond acceptors (Lipinski definition) is 23. The van der Waals surface area contributed by atoms with E-state index in [1.165, 1.54) is 0 Å². The van der Waals surface area contributed by atoms with Crippen LogP contribution in [0.1, 0.15) is 125 Å². The summed E-state index contributed by atoms with van der Waals surface area (Å²) in [7, 11) is 0. The first-order valence-corrected chi connectivity index (χ1v) is 40.1. The van der Waals surface area contributed by atoms with E-state index >= 15 is 0 Å². The molecule has 0 saturated heterocycles. The Hall–Kier alpha value is -13.5. The average Bonchev–Trinajstić information content (AvgIpc) is 0.811. The zero-order chi connectivity index (χ0) is 85.1. The molecule has 8 aromatic heterocycles. The van der Waals surface area contributed by atoms with E-state index in [1.807, 2.05) is 146 Å². The van der Waals surface area contributed by atoms with Gasteiger partial charge in [0.25, 0.3) is 0 Å². The van der Waals surface area contributed by atoms with Crippen LogP contribution >= 0.6 is 0 Å². The summed E-state index contributed by atoms with van der Waals surface area (Å²) in [6.07, 6.45) is 14.4. The number of alkyl carbamates (subject to hydrolysis) is 1. The van der Waals surface area contributed by atoms with Gasteiger partial charge in [-0.05, 0) is 160 Å². The second-order valence-electron chi connectivity index (χ2n) is 30.7. The molecule has 0 spiro atoms. The van der Waals surface area contributed by atoms with E-state index in [0.29, 0.717) is 111 Å². The minimum Gasteiger partial charge on any atom is -0.507 e. The minimum absolute atomic E-state index is 0.00908. The molecule has 121 heavy (non-hydrogen) atoms. The van der Waals surface area contributed by atoms with Crippen molar-refractivity contribution in [2.24, 2.45) is 5.11 Å². The van der Waals surface area contributed by atoms with Crippen LogP contribution in [0.2, 0.25) is 0 Å². The number of rotatable bonds is 42. The number of nitrogens with zero attached hydrogens (tertiary/aromatic N) is 15. The molecule has 7 amide bonds. The molecule has 0 unspecified atom stereocenters. The van der Waals surface area contributed by atoms with E-state index in [-0.39, 0.29) is 69.1 Å². The Bertz CT molecular complexity index is 4660. The van der Waals surface area contributed by atoms with Crippen LogP contribution in [0.25, 0.3) is 10.4 Å². The maximum Gasteiger partial charge on any atom is 0.408 e. The Morgan fingerprint density at radius 3 is 0.967 bits per heavy atom. The number of phenolic OH excluding ortho intramolecular Hbond substituents is 2. The topological polar surface area (TPSA) is 418 Å². The largest absolute Gasteiger partial charge is 0.507 e. The lowest BCUT2D eigenvalue weighted by Crippen LogP contribution is -2.53. The van der Waals surface area contributed by atoms with E-state index in [9.17, 15) is 43.8 Å². The lowest BCUT2D eigenvalue weighted by Gasteiger charge is -2.29. The highest BCUT2D eigenvalue weighted by Crippen LogP contribution is 2.33. The second-order valence-corrected chi connectivity index (χ2v) is 30.7. The van der Waals surface area contributed by atoms with Gasteiger partial charge in [-0.2, -0.15) is 0 Å². The molecule has 1 fully saturated rings. The zero-order valence-electron chi connectivity index (χ0n) is 68.0. The van der Waals surface area contributed by atoms with Crippen LogP contribution in [-0.2, 0) is 125 Å². The van der Waals surface area contributed by atoms with Crippen LogP contribution in [0.3, 0.4) is 0 Å². The van der Waals surface area contributed by atoms with E-state index in [0.717, 1.165) is 45.6 Å². The molecule has 8 heterocycles. The number of azide groups is 1. The van der Waals surface area contributed by atoms with E-state index in [2.05, 4.69) is 107 Å². The van der Waals surface area contributed by atoms with Crippen molar-refractivity contribution in [1.82, 2.24) is 96.7 Å². The molecule has 11 rings (SSSR count). The van der Waals surface area contributed by atoms with Gasteiger partial charge in [0.05, 0.1) is 65.2 Å². The zero-order valence-corrected chi connectivity index (χ0v) is 68.0. The summed E-state index contributed by atoms with van der Waals surface area (Å²) >= 11 is 0. The summed E-state index contributed by atoms with van der Waals surface area (Å²) in [6, 6.07) is 48.8. The number of hydrogen-bond donors (Lipinski definition) is 9. The number of amides is 7. The fourth-order valence-corrected chi connectivity index (χ4v) is 14.2. The maximum absolute atomic E-state index is 14.9. The van der Waals surface area contributed by atoms with Crippen LogP contribution in [0, 0.1) is 0 Å². The molecule has 2 aromatic carbocycles. The van der Waals surface area contributed by atoms with Crippen molar-refractivity contribution < 1.29 is 48.5 Å². The SMILES string of the molecule is CC(C)(C)OC(=O)N[C@@H](Cc1cc(CN(Cc2ccccn2)Cc2ccccn2)c(O)c(CN(Cc2ccccn2)Cc2ccccn2)c1)C(=O)NCC(=O)NCC(=O)N[C@@H](Cc1cc(CN(Cc2ccccn2)Cc2ccccn2)c(O)c(CN(Cc2ccccn2)Cc2ccccn2)c1)C(=O)NCC(=O)NC1CCC(NC(=O)CN=[N+]=[N-])CC1.